The number of rotatable bonds is 4. The van der Waals surface area contributed by atoms with Crippen molar-refractivity contribution in [1.29, 1.82) is 0 Å². The molecule has 0 spiro atoms. The fourth-order valence-corrected chi connectivity index (χ4v) is 3.95. The molecule has 1 saturated heterocycles. The number of benzene rings is 1. The number of hydrogen-bond acceptors (Lipinski definition) is 3. The Kier molecular flexibility index (Phi) is 3.74. The van der Waals surface area contributed by atoms with Crippen molar-refractivity contribution in [3.8, 4) is 0 Å². The van der Waals surface area contributed by atoms with Gasteiger partial charge in [0.2, 0.25) is 0 Å². The predicted molar refractivity (Wildman–Crippen MR) is 78.8 cm³/mol. The molecule has 3 atom stereocenters. The normalized spacial score (nSPS) is 28.6. The topological polar surface area (TPSA) is 55.2 Å². The second-order valence-corrected chi connectivity index (χ2v) is 6.29. The van der Waals surface area contributed by atoms with Crippen molar-refractivity contribution >= 4 is 5.69 Å². The third-order valence-electron chi connectivity index (χ3n) is 5.09. The van der Waals surface area contributed by atoms with E-state index in [4.69, 9.17) is 0 Å². The molecular formula is C16H22N2O2. The molecule has 2 fully saturated rings. The summed E-state index contributed by atoms with van der Waals surface area (Å²) in [7, 11) is 0. The van der Waals surface area contributed by atoms with Crippen LogP contribution in [0, 0.1) is 28.9 Å². The van der Waals surface area contributed by atoms with Crippen molar-refractivity contribution in [3.63, 3.8) is 0 Å². The molecule has 108 valence electrons. The Morgan fingerprint density at radius 3 is 3.05 bits per heavy atom. The van der Waals surface area contributed by atoms with E-state index >= 15 is 0 Å². The highest BCUT2D eigenvalue weighted by atomic mass is 16.6. The predicted octanol–water partition coefficient (Wildman–Crippen LogP) is 3.22. The van der Waals surface area contributed by atoms with Gasteiger partial charge in [0.1, 0.15) is 0 Å². The molecule has 1 heterocycles. The van der Waals surface area contributed by atoms with Gasteiger partial charge in [-0.3, -0.25) is 10.1 Å². The van der Waals surface area contributed by atoms with Crippen LogP contribution in [0.25, 0.3) is 0 Å². The SMILES string of the molecule is Cc1ccc(CCC2NCC3CCCC32)cc1[N+](=O)[O-]. The third kappa shape index (κ3) is 2.57. The molecule has 3 rings (SSSR count). The number of nitro benzene ring substituents is 1. The average Bonchev–Trinajstić information content (AvgIpc) is 3.01. The fourth-order valence-electron chi connectivity index (χ4n) is 3.95. The Hall–Kier alpha value is -1.42. The van der Waals surface area contributed by atoms with Crippen LogP contribution in [-0.4, -0.2) is 17.5 Å². The quantitative estimate of drug-likeness (QED) is 0.677. The van der Waals surface area contributed by atoms with E-state index in [-0.39, 0.29) is 10.6 Å². The van der Waals surface area contributed by atoms with E-state index in [2.05, 4.69) is 5.32 Å². The minimum atomic E-state index is -0.278. The van der Waals surface area contributed by atoms with Gasteiger partial charge in [-0.05, 0) is 56.6 Å². The smallest absolute Gasteiger partial charge is 0.272 e. The van der Waals surface area contributed by atoms with Gasteiger partial charge in [0.05, 0.1) is 4.92 Å². The maximum absolute atomic E-state index is 11.0. The number of nitrogens with zero attached hydrogens (tertiary/aromatic N) is 1. The molecule has 1 aliphatic heterocycles. The summed E-state index contributed by atoms with van der Waals surface area (Å²) in [5.74, 6) is 1.72. The molecular weight excluding hydrogens is 252 g/mol. The summed E-state index contributed by atoms with van der Waals surface area (Å²) >= 11 is 0. The Balaban J connectivity index is 1.64. The summed E-state index contributed by atoms with van der Waals surface area (Å²) in [6.45, 7) is 2.97. The number of aryl methyl sites for hydroxylation is 2. The van der Waals surface area contributed by atoms with E-state index in [9.17, 15) is 10.1 Å². The van der Waals surface area contributed by atoms with Crippen LogP contribution in [0.1, 0.15) is 36.8 Å². The lowest BCUT2D eigenvalue weighted by Crippen LogP contribution is -2.27. The second kappa shape index (κ2) is 5.52. The van der Waals surface area contributed by atoms with Gasteiger partial charge in [-0.25, -0.2) is 0 Å². The van der Waals surface area contributed by atoms with Crippen LogP contribution < -0.4 is 5.32 Å². The second-order valence-electron chi connectivity index (χ2n) is 6.29. The molecule has 1 aliphatic carbocycles. The molecule has 1 aromatic carbocycles. The van der Waals surface area contributed by atoms with Gasteiger partial charge in [-0.2, -0.15) is 0 Å². The van der Waals surface area contributed by atoms with Crippen LogP contribution in [0.4, 0.5) is 5.69 Å². The van der Waals surface area contributed by atoms with Gasteiger partial charge in [-0.15, -0.1) is 0 Å². The van der Waals surface area contributed by atoms with E-state index in [0.29, 0.717) is 6.04 Å². The molecule has 0 amide bonds. The molecule has 1 saturated carbocycles. The van der Waals surface area contributed by atoms with Crippen molar-refractivity contribution in [1.82, 2.24) is 5.32 Å². The lowest BCUT2D eigenvalue weighted by atomic mass is 9.90. The zero-order valence-electron chi connectivity index (χ0n) is 12.0. The van der Waals surface area contributed by atoms with Crippen LogP contribution in [-0.2, 0) is 6.42 Å². The third-order valence-corrected chi connectivity index (χ3v) is 5.09. The van der Waals surface area contributed by atoms with Crippen LogP contribution in [0.2, 0.25) is 0 Å². The monoisotopic (exact) mass is 274 g/mol. The highest BCUT2D eigenvalue weighted by Gasteiger charge is 2.38. The summed E-state index contributed by atoms with van der Waals surface area (Å²) in [6, 6.07) is 6.26. The summed E-state index contributed by atoms with van der Waals surface area (Å²) in [5.41, 5.74) is 2.08. The van der Waals surface area contributed by atoms with Crippen LogP contribution >= 0.6 is 0 Å². The van der Waals surface area contributed by atoms with Crippen molar-refractivity contribution in [2.45, 2.75) is 45.1 Å². The molecule has 2 aliphatic rings. The number of nitrogens with one attached hydrogen (secondary N) is 1. The Labute approximate surface area is 119 Å². The standard InChI is InChI=1S/C16H22N2O2/c1-11-5-6-12(9-16(11)18(19)20)7-8-15-14-4-2-3-13(14)10-17-15/h5-6,9,13-15,17H,2-4,7-8,10H2,1H3. The lowest BCUT2D eigenvalue weighted by molar-refractivity contribution is -0.385. The highest BCUT2D eigenvalue weighted by molar-refractivity contribution is 5.42. The van der Waals surface area contributed by atoms with Crippen LogP contribution in [0.15, 0.2) is 18.2 Å². The summed E-state index contributed by atoms with van der Waals surface area (Å²) < 4.78 is 0. The molecule has 1 N–H and O–H groups in total. The number of nitro groups is 1. The van der Waals surface area contributed by atoms with Crippen molar-refractivity contribution in [3.05, 3.63) is 39.4 Å². The Bertz CT molecular complexity index is 515. The van der Waals surface area contributed by atoms with E-state index in [1.54, 1.807) is 13.0 Å². The van der Waals surface area contributed by atoms with E-state index in [1.807, 2.05) is 12.1 Å². The summed E-state index contributed by atoms with van der Waals surface area (Å²) in [4.78, 5) is 10.7. The first kappa shape index (κ1) is 13.6. The van der Waals surface area contributed by atoms with Gasteiger partial charge in [0.15, 0.2) is 0 Å². The van der Waals surface area contributed by atoms with Crippen LogP contribution in [0.3, 0.4) is 0 Å². The minimum absolute atomic E-state index is 0.251. The molecule has 0 aromatic heterocycles. The van der Waals surface area contributed by atoms with Gasteiger partial charge in [0, 0.05) is 17.7 Å². The number of fused-ring (bicyclic) bond motifs is 1. The molecule has 4 nitrogen and oxygen atoms in total. The first-order valence-corrected chi connectivity index (χ1v) is 7.62. The number of hydrogen-bond donors (Lipinski definition) is 1. The van der Waals surface area contributed by atoms with Crippen molar-refractivity contribution < 1.29 is 4.92 Å². The van der Waals surface area contributed by atoms with E-state index in [1.165, 1.54) is 25.8 Å². The first-order valence-electron chi connectivity index (χ1n) is 7.62. The lowest BCUT2D eigenvalue weighted by Gasteiger charge is -2.18. The maximum Gasteiger partial charge on any atom is 0.272 e. The minimum Gasteiger partial charge on any atom is -0.313 e. The summed E-state index contributed by atoms with van der Waals surface area (Å²) in [6.07, 6.45) is 6.15. The highest BCUT2D eigenvalue weighted by Crippen LogP contribution is 2.39. The zero-order valence-corrected chi connectivity index (χ0v) is 12.0. The van der Waals surface area contributed by atoms with E-state index in [0.717, 1.165) is 35.8 Å². The molecule has 3 unspecified atom stereocenters. The Morgan fingerprint density at radius 2 is 2.25 bits per heavy atom. The summed E-state index contributed by atoms with van der Waals surface area (Å²) in [5, 5.41) is 14.6. The van der Waals surface area contributed by atoms with Crippen molar-refractivity contribution in [2.24, 2.45) is 11.8 Å². The van der Waals surface area contributed by atoms with Crippen LogP contribution in [0.5, 0.6) is 0 Å². The first-order chi connectivity index (χ1) is 9.65. The van der Waals surface area contributed by atoms with E-state index < -0.39 is 0 Å². The average molecular weight is 274 g/mol. The molecule has 4 heteroatoms. The van der Waals surface area contributed by atoms with Gasteiger partial charge >= 0.3 is 0 Å². The van der Waals surface area contributed by atoms with Crippen molar-refractivity contribution in [2.75, 3.05) is 6.54 Å². The molecule has 0 bridgehead atoms. The largest absolute Gasteiger partial charge is 0.313 e. The molecule has 0 radical (unpaired) electrons. The fraction of sp³-hybridized carbons (Fsp3) is 0.625. The zero-order chi connectivity index (χ0) is 14.1. The Morgan fingerprint density at radius 1 is 1.40 bits per heavy atom. The van der Waals surface area contributed by atoms with Gasteiger partial charge in [-0.1, -0.05) is 18.6 Å². The molecule has 1 aromatic rings. The van der Waals surface area contributed by atoms with Gasteiger partial charge < -0.3 is 5.32 Å². The maximum atomic E-state index is 11.0. The van der Waals surface area contributed by atoms with Gasteiger partial charge in [0.25, 0.3) is 5.69 Å². The molecule has 20 heavy (non-hydrogen) atoms.